The first-order valence-electron chi connectivity index (χ1n) is 3.14. The molecule has 0 aliphatic carbocycles. The number of aliphatic hydroxyl groups excluding tert-OH is 1. The van der Waals surface area contributed by atoms with Gasteiger partial charge >= 0.3 is 6.20 Å². The van der Waals surface area contributed by atoms with Crippen LogP contribution in [-0.4, -0.2) is 5.11 Å². The second kappa shape index (κ2) is 5.83. The maximum atomic E-state index is 8.85. The van der Waals surface area contributed by atoms with E-state index < -0.39 is 0 Å². The molecule has 0 saturated heterocycles. The van der Waals surface area contributed by atoms with E-state index in [9.17, 15) is 0 Å². The van der Waals surface area contributed by atoms with E-state index in [0.29, 0.717) is 6.42 Å². The summed E-state index contributed by atoms with van der Waals surface area (Å²) in [6.07, 6.45) is 5.05. The zero-order chi connectivity index (χ0) is 7.82. The number of allylic oxidation sites excluding steroid dienone is 2. The molecule has 0 aromatic heterocycles. The van der Waals surface area contributed by atoms with E-state index in [4.69, 9.17) is 10.5 Å². The average Bonchev–Trinajstić information content (AvgIpc) is 1.89. The Morgan fingerprint density at radius 1 is 1.70 bits per heavy atom. The van der Waals surface area contributed by atoms with Gasteiger partial charge in [-0.05, 0) is 12.8 Å². The molecule has 0 atom stereocenters. The minimum absolute atomic E-state index is 0.101. The fourth-order valence-corrected chi connectivity index (χ4v) is 0.559. The Morgan fingerprint density at radius 2 is 2.40 bits per heavy atom. The fraction of sp³-hybridized carbons (Fsp3) is 0.429. The molecule has 0 aliphatic rings. The Balaban J connectivity index is 3.41. The molecule has 0 aliphatic heterocycles. The van der Waals surface area contributed by atoms with Crippen molar-refractivity contribution in [1.82, 2.24) is 0 Å². The summed E-state index contributed by atoms with van der Waals surface area (Å²) in [5, 5.41) is 16.8. The molecule has 0 spiro atoms. The Bertz CT molecular complexity index is 167. The van der Waals surface area contributed by atoms with E-state index in [1.165, 1.54) is 0 Å². The highest BCUT2D eigenvalue weighted by Gasteiger charge is 1.96. The largest absolute Gasteiger partial charge is 0.505 e. The highest BCUT2D eigenvalue weighted by Crippen LogP contribution is 2.03. The molecule has 0 rings (SSSR count). The molecular formula is C7H11N2O+. The number of nitrogens with zero attached hydrogens (tertiary/aromatic N) is 2. The second-order valence-electron chi connectivity index (χ2n) is 1.92. The monoisotopic (exact) mass is 139 g/mol. The summed E-state index contributed by atoms with van der Waals surface area (Å²) in [6.45, 7) is 3.53. The summed E-state index contributed by atoms with van der Waals surface area (Å²) < 4.78 is 0. The molecule has 10 heavy (non-hydrogen) atoms. The summed E-state index contributed by atoms with van der Waals surface area (Å²) >= 11 is 0. The molecular weight excluding hydrogens is 128 g/mol. The van der Waals surface area contributed by atoms with E-state index >= 15 is 0 Å². The van der Waals surface area contributed by atoms with Crippen LogP contribution in [0.15, 0.2) is 24.6 Å². The maximum absolute atomic E-state index is 8.85. The van der Waals surface area contributed by atoms with Crippen LogP contribution < -0.4 is 0 Å². The average molecular weight is 139 g/mol. The van der Waals surface area contributed by atoms with Crippen molar-refractivity contribution in [2.24, 2.45) is 0 Å². The second-order valence-corrected chi connectivity index (χ2v) is 1.92. The summed E-state index contributed by atoms with van der Waals surface area (Å²) in [7, 11) is 0. The van der Waals surface area contributed by atoms with Crippen LogP contribution in [0.25, 0.3) is 4.98 Å². The summed E-state index contributed by atoms with van der Waals surface area (Å²) in [5.74, 6) is 0.101. The lowest BCUT2D eigenvalue weighted by atomic mass is 10.2. The molecule has 0 amide bonds. The summed E-state index contributed by atoms with van der Waals surface area (Å²) in [6, 6.07) is 0. The van der Waals surface area contributed by atoms with Gasteiger partial charge in [0.25, 0.3) is 0 Å². The molecule has 0 radical (unpaired) electrons. The Labute approximate surface area is 60.3 Å². The van der Waals surface area contributed by atoms with Gasteiger partial charge in [0.2, 0.25) is 5.39 Å². The van der Waals surface area contributed by atoms with Crippen LogP contribution >= 0.6 is 0 Å². The van der Waals surface area contributed by atoms with Crippen molar-refractivity contribution in [3.05, 3.63) is 29.6 Å². The Morgan fingerprint density at radius 3 is 2.90 bits per heavy atom. The fourth-order valence-electron chi connectivity index (χ4n) is 0.559. The van der Waals surface area contributed by atoms with E-state index in [1.807, 2.05) is 0 Å². The molecule has 3 nitrogen and oxygen atoms in total. The van der Waals surface area contributed by atoms with E-state index in [1.54, 1.807) is 6.08 Å². The molecule has 0 saturated carbocycles. The van der Waals surface area contributed by atoms with Gasteiger partial charge in [-0.1, -0.05) is 6.08 Å². The van der Waals surface area contributed by atoms with Crippen LogP contribution in [0, 0.1) is 5.39 Å². The number of unbranched alkanes of at least 4 members (excludes halogenated alkanes) is 1. The van der Waals surface area contributed by atoms with Gasteiger partial charge in [-0.3, -0.25) is 0 Å². The minimum Gasteiger partial charge on any atom is -0.505 e. The van der Waals surface area contributed by atoms with Gasteiger partial charge in [-0.25, -0.2) is 0 Å². The van der Waals surface area contributed by atoms with Crippen molar-refractivity contribution < 1.29 is 5.11 Å². The van der Waals surface area contributed by atoms with Gasteiger partial charge < -0.3 is 5.11 Å². The third kappa shape index (κ3) is 4.85. The van der Waals surface area contributed by atoms with Gasteiger partial charge in [0.05, 0.1) is 0 Å². The molecule has 1 N–H and O–H groups in total. The highest BCUT2D eigenvalue weighted by molar-refractivity contribution is 4.95. The number of hydrogen-bond donors (Lipinski definition) is 1. The first-order chi connectivity index (χ1) is 4.81. The predicted molar refractivity (Wildman–Crippen MR) is 39.8 cm³/mol. The predicted octanol–water partition coefficient (Wildman–Crippen LogP) is 2.60. The maximum Gasteiger partial charge on any atom is 0.387 e. The van der Waals surface area contributed by atoms with Gasteiger partial charge in [-0.15, -0.1) is 6.58 Å². The first kappa shape index (κ1) is 8.70. The molecule has 0 fully saturated rings. The molecule has 3 heteroatoms. The van der Waals surface area contributed by atoms with Crippen LogP contribution in [0.5, 0.6) is 0 Å². The zero-order valence-electron chi connectivity index (χ0n) is 5.82. The van der Waals surface area contributed by atoms with Gasteiger partial charge in [0.15, 0.2) is 10.7 Å². The Kier molecular flexibility index (Phi) is 5.07. The molecule has 54 valence electrons. The molecule has 0 aromatic carbocycles. The normalized spacial score (nSPS) is 10.5. The first-order valence-corrected chi connectivity index (χ1v) is 3.14. The summed E-state index contributed by atoms with van der Waals surface area (Å²) in [5.41, 5.74) is 0. The minimum atomic E-state index is 0.101. The van der Waals surface area contributed by atoms with Gasteiger partial charge in [0.1, 0.15) is 0 Å². The van der Waals surface area contributed by atoms with Crippen LogP contribution in [0.4, 0.5) is 0 Å². The van der Waals surface area contributed by atoms with Crippen molar-refractivity contribution in [1.29, 1.82) is 5.39 Å². The van der Waals surface area contributed by atoms with Crippen molar-refractivity contribution >= 4 is 0 Å². The SMILES string of the molecule is C=CCCC/C(O)=C/[N+]#N. The van der Waals surface area contributed by atoms with Crippen LogP contribution in [-0.2, 0) is 0 Å². The number of diazo groups is 1. The lowest BCUT2D eigenvalue weighted by molar-refractivity contribution is 0.384. The quantitative estimate of drug-likeness (QED) is 0.281. The van der Waals surface area contributed by atoms with Crippen LogP contribution in [0.1, 0.15) is 19.3 Å². The topological polar surface area (TPSA) is 48.4 Å². The third-order valence-electron chi connectivity index (χ3n) is 1.05. The third-order valence-corrected chi connectivity index (χ3v) is 1.05. The zero-order valence-corrected chi connectivity index (χ0v) is 5.82. The number of rotatable bonds is 4. The highest BCUT2D eigenvalue weighted by atomic mass is 16.3. The number of hydrogen-bond acceptors (Lipinski definition) is 2. The number of aliphatic hydroxyl groups is 1. The van der Waals surface area contributed by atoms with Gasteiger partial charge in [-0.2, -0.15) is 0 Å². The van der Waals surface area contributed by atoms with Crippen molar-refractivity contribution in [3.63, 3.8) is 0 Å². The molecule has 0 bridgehead atoms. The van der Waals surface area contributed by atoms with E-state index in [-0.39, 0.29) is 5.76 Å². The van der Waals surface area contributed by atoms with Crippen molar-refractivity contribution in [2.75, 3.05) is 0 Å². The lowest BCUT2D eigenvalue weighted by Crippen LogP contribution is -1.79. The van der Waals surface area contributed by atoms with Crippen molar-refractivity contribution in [2.45, 2.75) is 19.3 Å². The standard InChI is InChI=1S/C7H10N2O/c1-2-3-4-5-7(10)6-9-8/h2,6H,1,3-5H2/p+1/b7-6-. The van der Waals surface area contributed by atoms with E-state index in [0.717, 1.165) is 19.0 Å². The summed E-state index contributed by atoms with van der Waals surface area (Å²) in [4.78, 5) is 2.68. The van der Waals surface area contributed by atoms with Crippen LogP contribution in [0.2, 0.25) is 0 Å². The molecule has 0 aromatic rings. The lowest BCUT2D eigenvalue weighted by Gasteiger charge is -1.90. The molecule has 0 heterocycles. The van der Waals surface area contributed by atoms with Gasteiger partial charge in [0, 0.05) is 6.42 Å². The van der Waals surface area contributed by atoms with E-state index in [2.05, 4.69) is 11.6 Å². The Hall–Kier alpha value is -1.30. The van der Waals surface area contributed by atoms with Crippen LogP contribution in [0.3, 0.4) is 0 Å². The smallest absolute Gasteiger partial charge is 0.387 e. The van der Waals surface area contributed by atoms with Crippen molar-refractivity contribution in [3.8, 4) is 0 Å². The molecule has 0 unspecified atom stereocenters.